The molecule has 0 heterocycles. The van der Waals surface area contributed by atoms with E-state index < -0.39 is 6.04 Å². The van der Waals surface area contributed by atoms with E-state index >= 15 is 0 Å². The molecular formula is C13H18Cl2N2O. The van der Waals surface area contributed by atoms with Gasteiger partial charge >= 0.3 is 0 Å². The smallest absolute Gasteiger partial charge is 0.239 e. The Kier molecular flexibility index (Phi) is 5.93. The van der Waals surface area contributed by atoms with Crippen LogP contribution in [-0.2, 0) is 11.3 Å². The van der Waals surface area contributed by atoms with E-state index in [2.05, 4.69) is 0 Å². The third-order valence-electron chi connectivity index (χ3n) is 2.70. The van der Waals surface area contributed by atoms with Gasteiger partial charge in [0.15, 0.2) is 0 Å². The van der Waals surface area contributed by atoms with Crippen LogP contribution < -0.4 is 5.73 Å². The molecule has 0 radical (unpaired) electrons. The van der Waals surface area contributed by atoms with Crippen molar-refractivity contribution in [1.29, 1.82) is 0 Å². The molecule has 100 valence electrons. The minimum atomic E-state index is -0.428. The second kappa shape index (κ2) is 6.98. The van der Waals surface area contributed by atoms with Crippen molar-refractivity contribution >= 4 is 29.1 Å². The number of nitrogens with two attached hydrogens (primary N) is 1. The lowest BCUT2D eigenvalue weighted by molar-refractivity contribution is -0.131. The van der Waals surface area contributed by atoms with E-state index in [-0.39, 0.29) is 5.91 Å². The molecule has 0 saturated heterocycles. The summed E-state index contributed by atoms with van der Waals surface area (Å²) in [5.74, 6) is -0.0528. The molecule has 0 aliphatic rings. The monoisotopic (exact) mass is 288 g/mol. The van der Waals surface area contributed by atoms with E-state index in [1.165, 1.54) is 0 Å². The van der Waals surface area contributed by atoms with E-state index in [0.29, 0.717) is 23.0 Å². The number of rotatable bonds is 5. The number of benzene rings is 1. The standard InChI is InChI=1S/C13H18Cl2N2O/c1-3-4-12(16)13(18)17(2)8-9-5-6-10(14)11(15)7-9/h5-7,12H,3-4,8,16H2,1-2H3/t12-/m1/s1. The summed E-state index contributed by atoms with van der Waals surface area (Å²) in [6.45, 7) is 2.49. The highest BCUT2D eigenvalue weighted by Gasteiger charge is 2.17. The Morgan fingerprint density at radius 1 is 1.39 bits per heavy atom. The highest BCUT2D eigenvalue weighted by molar-refractivity contribution is 6.42. The average Bonchev–Trinajstić information content (AvgIpc) is 2.33. The van der Waals surface area contributed by atoms with Crippen LogP contribution in [0, 0.1) is 0 Å². The van der Waals surface area contributed by atoms with Crippen molar-refractivity contribution < 1.29 is 4.79 Å². The Balaban J connectivity index is 2.66. The second-order valence-corrected chi connectivity index (χ2v) is 5.15. The van der Waals surface area contributed by atoms with Gasteiger partial charge in [-0.25, -0.2) is 0 Å². The summed E-state index contributed by atoms with van der Waals surface area (Å²) in [6, 6.07) is 4.91. The summed E-state index contributed by atoms with van der Waals surface area (Å²) >= 11 is 11.8. The number of carbonyl (C=O) groups is 1. The maximum atomic E-state index is 11.9. The van der Waals surface area contributed by atoms with Gasteiger partial charge < -0.3 is 10.6 Å². The lowest BCUT2D eigenvalue weighted by Crippen LogP contribution is -2.41. The summed E-state index contributed by atoms with van der Waals surface area (Å²) in [6.07, 6.45) is 1.60. The Labute approximate surface area is 118 Å². The van der Waals surface area contributed by atoms with Crippen LogP contribution >= 0.6 is 23.2 Å². The molecule has 5 heteroatoms. The summed E-state index contributed by atoms with van der Waals surface area (Å²) < 4.78 is 0. The fourth-order valence-electron chi connectivity index (χ4n) is 1.71. The predicted molar refractivity (Wildman–Crippen MR) is 75.8 cm³/mol. The van der Waals surface area contributed by atoms with Crippen LogP contribution in [-0.4, -0.2) is 23.9 Å². The zero-order valence-electron chi connectivity index (χ0n) is 10.6. The van der Waals surface area contributed by atoms with Crippen LogP contribution in [0.25, 0.3) is 0 Å². The highest BCUT2D eigenvalue weighted by Crippen LogP contribution is 2.23. The molecule has 0 aliphatic carbocycles. The third kappa shape index (κ3) is 4.16. The van der Waals surface area contributed by atoms with Crippen molar-refractivity contribution in [2.45, 2.75) is 32.4 Å². The zero-order chi connectivity index (χ0) is 13.7. The van der Waals surface area contributed by atoms with Crippen LogP contribution in [0.2, 0.25) is 10.0 Å². The van der Waals surface area contributed by atoms with Crippen LogP contribution in [0.5, 0.6) is 0 Å². The molecule has 1 atom stereocenters. The summed E-state index contributed by atoms with van der Waals surface area (Å²) in [7, 11) is 1.74. The molecule has 0 unspecified atom stereocenters. The van der Waals surface area contributed by atoms with E-state index in [0.717, 1.165) is 12.0 Å². The van der Waals surface area contributed by atoms with E-state index in [9.17, 15) is 4.79 Å². The second-order valence-electron chi connectivity index (χ2n) is 4.34. The first-order valence-corrected chi connectivity index (χ1v) is 6.65. The van der Waals surface area contributed by atoms with Crippen molar-refractivity contribution in [1.82, 2.24) is 4.90 Å². The highest BCUT2D eigenvalue weighted by atomic mass is 35.5. The molecule has 1 rings (SSSR count). The van der Waals surface area contributed by atoms with Gasteiger partial charge in [-0.15, -0.1) is 0 Å². The van der Waals surface area contributed by atoms with Gasteiger partial charge in [0.05, 0.1) is 16.1 Å². The van der Waals surface area contributed by atoms with Gasteiger partial charge in [0.2, 0.25) is 5.91 Å². The van der Waals surface area contributed by atoms with Gasteiger partial charge in [-0.1, -0.05) is 42.6 Å². The SMILES string of the molecule is CCC[C@@H](N)C(=O)N(C)Cc1ccc(Cl)c(Cl)c1. The van der Waals surface area contributed by atoms with Crippen molar-refractivity contribution in [2.24, 2.45) is 5.73 Å². The molecule has 1 aromatic carbocycles. The number of hydrogen-bond donors (Lipinski definition) is 1. The fraction of sp³-hybridized carbons (Fsp3) is 0.462. The van der Waals surface area contributed by atoms with Crippen molar-refractivity contribution in [3.8, 4) is 0 Å². The first-order chi connectivity index (χ1) is 8.45. The molecule has 0 saturated carbocycles. The number of hydrogen-bond acceptors (Lipinski definition) is 2. The quantitative estimate of drug-likeness (QED) is 0.905. The Morgan fingerprint density at radius 3 is 2.61 bits per heavy atom. The number of carbonyl (C=O) groups excluding carboxylic acids is 1. The Bertz CT molecular complexity index is 423. The van der Waals surface area contributed by atoms with Gasteiger partial charge in [0, 0.05) is 13.6 Å². The minimum absolute atomic E-state index is 0.0528. The molecule has 0 aromatic heterocycles. The molecule has 2 N–H and O–H groups in total. The van der Waals surface area contributed by atoms with Crippen molar-refractivity contribution in [2.75, 3.05) is 7.05 Å². The zero-order valence-corrected chi connectivity index (χ0v) is 12.1. The third-order valence-corrected chi connectivity index (χ3v) is 3.44. The first kappa shape index (κ1) is 15.3. The van der Waals surface area contributed by atoms with Crippen molar-refractivity contribution in [3.05, 3.63) is 33.8 Å². The van der Waals surface area contributed by atoms with Crippen molar-refractivity contribution in [3.63, 3.8) is 0 Å². The fourth-order valence-corrected chi connectivity index (χ4v) is 2.03. The minimum Gasteiger partial charge on any atom is -0.340 e. The maximum Gasteiger partial charge on any atom is 0.239 e. The van der Waals surface area contributed by atoms with Gasteiger partial charge in [0.25, 0.3) is 0 Å². The topological polar surface area (TPSA) is 46.3 Å². The Hall–Kier alpha value is -0.770. The van der Waals surface area contributed by atoms with Gasteiger partial charge in [-0.3, -0.25) is 4.79 Å². The molecule has 0 fully saturated rings. The molecule has 1 amide bonds. The van der Waals surface area contributed by atoms with Gasteiger partial charge in [0.1, 0.15) is 0 Å². The first-order valence-electron chi connectivity index (χ1n) is 5.90. The number of amides is 1. The molecule has 0 aliphatic heterocycles. The maximum absolute atomic E-state index is 11.9. The molecule has 0 bridgehead atoms. The van der Waals surface area contributed by atoms with E-state index in [1.807, 2.05) is 13.0 Å². The average molecular weight is 289 g/mol. The largest absolute Gasteiger partial charge is 0.340 e. The van der Waals surface area contributed by atoms with Crippen LogP contribution in [0.1, 0.15) is 25.3 Å². The molecule has 18 heavy (non-hydrogen) atoms. The summed E-state index contributed by atoms with van der Waals surface area (Å²) in [5, 5.41) is 1.00. The van der Waals surface area contributed by atoms with Crippen LogP contribution in [0.3, 0.4) is 0 Å². The number of halogens is 2. The molecule has 1 aromatic rings. The normalized spacial score (nSPS) is 12.3. The van der Waals surface area contributed by atoms with Gasteiger partial charge in [-0.2, -0.15) is 0 Å². The lowest BCUT2D eigenvalue weighted by atomic mass is 10.1. The van der Waals surface area contributed by atoms with Crippen LogP contribution in [0.15, 0.2) is 18.2 Å². The molecular weight excluding hydrogens is 271 g/mol. The summed E-state index contributed by atoms with van der Waals surface area (Å²) in [5.41, 5.74) is 6.73. The van der Waals surface area contributed by atoms with E-state index in [1.54, 1.807) is 24.1 Å². The predicted octanol–water partition coefficient (Wildman–Crippen LogP) is 3.08. The van der Waals surface area contributed by atoms with Crippen LogP contribution in [0.4, 0.5) is 0 Å². The Morgan fingerprint density at radius 2 is 2.06 bits per heavy atom. The number of nitrogens with zero attached hydrogens (tertiary/aromatic N) is 1. The van der Waals surface area contributed by atoms with Gasteiger partial charge in [-0.05, 0) is 24.1 Å². The lowest BCUT2D eigenvalue weighted by Gasteiger charge is -2.21. The van der Waals surface area contributed by atoms with E-state index in [4.69, 9.17) is 28.9 Å². The number of likely N-dealkylation sites (N-methyl/N-ethyl adjacent to an activating group) is 1. The summed E-state index contributed by atoms with van der Waals surface area (Å²) in [4.78, 5) is 13.5. The molecule has 0 spiro atoms. The molecule has 3 nitrogen and oxygen atoms in total.